The SMILES string of the molecule is CCC(C)Oc1cc(C)ccc1C(C)=O. The summed E-state index contributed by atoms with van der Waals surface area (Å²) in [6.45, 7) is 7.63. The molecule has 0 aromatic heterocycles. The number of Topliss-reactive ketones (excluding diaryl/α,β-unsaturated/α-hetero) is 1. The van der Waals surface area contributed by atoms with Gasteiger partial charge in [-0.2, -0.15) is 0 Å². The molecule has 0 fully saturated rings. The highest BCUT2D eigenvalue weighted by atomic mass is 16.5. The second-order valence-electron chi connectivity index (χ2n) is 3.89. The molecule has 0 radical (unpaired) electrons. The molecule has 2 nitrogen and oxygen atoms in total. The Morgan fingerprint density at radius 1 is 1.47 bits per heavy atom. The minimum absolute atomic E-state index is 0.0494. The summed E-state index contributed by atoms with van der Waals surface area (Å²) in [7, 11) is 0. The van der Waals surface area contributed by atoms with Crippen molar-refractivity contribution in [3.8, 4) is 5.75 Å². The fourth-order valence-corrected chi connectivity index (χ4v) is 1.32. The van der Waals surface area contributed by atoms with Crippen LogP contribution >= 0.6 is 0 Å². The van der Waals surface area contributed by atoms with Crippen molar-refractivity contribution in [3.63, 3.8) is 0 Å². The van der Waals surface area contributed by atoms with Crippen LogP contribution in [0.3, 0.4) is 0 Å². The fourth-order valence-electron chi connectivity index (χ4n) is 1.32. The van der Waals surface area contributed by atoms with Crippen LogP contribution < -0.4 is 4.74 Å². The third-order valence-corrected chi connectivity index (χ3v) is 2.42. The first-order valence-electron chi connectivity index (χ1n) is 5.32. The summed E-state index contributed by atoms with van der Waals surface area (Å²) in [6.07, 6.45) is 1.08. The van der Waals surface area contributed by atoms with Crippen LogP contribution in [-0.2, 0) is 0 Å². The van der Waals surface area contributed by atoms with Crippen LogP contribution in [0.1, 0.15) is 43.1 Å². The van der Waals surface area contributed by atoms with Gasteiger partial charge in [0, 0.05) is 0 Å². The van der Waals surface area contributed by atoms with E-state index >= 15 is 0 Å². The first-order chi connectivity index (χ1) is 7.04. The summed E-state index contributed by atoms with van der Waals surface area (Å²) in [6, 6.07) is 5.68. The molecule has 1 aromatic rings. The van der Waals surface area contributed by atoms with E-state index in [9.17, 15) is 4.79 Å². The minimum Gasteiger partial charge on any atom is -0.490 e. The Morgan fingerprint density at radius 2 is 2.13 bits per heavy atom. The Bertz CT molecular complexity index is 356. The molecule has 2 heteroatoms. The van der Waals surface area contributed by atoms with Gasteiger partial charge in [-0.15, -0.1) is 0 Å². The maximum atomic E-state index is 11.4. The van der Waals surface area contributed by atoms with Gasteiger partial charge in [0.15, 0.2) is 5.78 Å². The van der Waals surface area contributed by atoms with Gasteiger partial charge >= 0.3 is 0 Å². The Labute approximate surface area is 91.3 Å². The number of carbonyl (C=O) groups excluding carboxylic acids is 1. The van der Waals surface area contributed by atoms with E-state index in [0.717, 1.165) is 12.0 Å². The number of benzene rings is 1. The second kappa shape index (κ2) is 4.96. The van der Waals surface area contributed by atoms with Crippen LogP contribution in [0.15, 0.2) is 18.2 Å². The molecule has 15 heavy (non-hydrogen) atoms. The monoisotopic (exact) mass is 206 g/mol. The first-order valence-corrected chi connectivity index (χ1v) is 5.32. The molecule has 0 aliphatic carbocycles. The van der Waals surface area contributed by atoms with E-state index in [1.165, 1.54) is 0 Å². The van der Waals surface area contributed by atoms with Crippen LogP contribution in [0.5, 0.6) is 5.75 Å². The number of carbonyl (C=O) groups is 1. The van der Waals surface area contributed by atoms with Crippen LogP contribution in [0.25, 0.3) is 0 Å². The van der Waals surface area contributed by atoms with Crippen LogP contribution in [-0.4, -0.2) is 11.9 Å². The molecule has 0 bridgehead atoms. The molecule has 0 saturated carbocycles. The summed E-state index contributed by atoms with van der Waals surface area (Å²) in [5.74, 6) is 0.755. The lowest BCUT2D eigenvalue weighted by Crippen LogP contribution is -2.12. The number of aryl methyl sites for hydroxylation is 1. The van der Waals surface area contributed by atoms with Gasteiger partial charge < -0.3 is 4.74 Å². The van der Waals surface area contributed by atoms with Crippen LogP contribution in [0, 0.1) is 6.92 Å². The Morgan fingerprint density at radius 3 is 2.67 bits per heavy atom. The summed E-state index contributed by atoms with van der Waals surface area (Å²) < 4.78 is 5.72. The van der Waals surface area contributed by atoms with Crippen molar-refractivity contribution >= 4 is 5.78 Å². The van der Waals surface area contributed by atoms with E-state index in [4.69, 9.17) is 4.74 Å². The van der Waals surface area contributed by atoms with Gasteiger partial charge in [0.05, 0.1) is 11.7 Å². The zero-order valence-electron chi connectivity index (χ0n) is 9.83. The normalized spacial score (nSPS) is 12.3. The van der Waals surface area contributed by atoms with E-state index in [1.54, 1.807) is 6.92 Å². The van der Waals surface area contributed by atoms with Gasteiger partial charge in [0.1, 0.15) is 5.75 Å². The Hall–Kier alpha value is -1.31. The highest BCUT2D eigenvalue weighted by molar-refractivity contribution is 5.96. The van der Waals surface area contributed by atoms with Crippen molar-refractivity contribution in [2.24, 2.45) is 0 Å². The lowest BCUT2D eigenvalue weighted by Gasteiger charge is -2.15. The van der Waals surface area contributed by atoms with Crippen molar-refractivity contribution in [3.05, 3.63) is 29.3 Å². The third kappa shape index (κ3) is 3.08. The zero-order valence-corrected chi connectivity index (χ0v) is 9.83. The van der Waals surface area contributed by atoms with Crippen molar-refractivity contribution in [1.29, 1.82) is 0 Å². The van der Waals surface area contributed by atoms with E-state index in [0.29, 0.717) is 11.3 Å². The predicted octanol–water partition coefficient (Wildman–Crippen LogP) is 3.37. The number of hydrogen-bond acceptors (Lipinski definition) is 2. The molecule has 1 aromatic carbocycles. The van der Waals surface area contributed by atoms with E-state index in [2.05, 4.69) is 6.92 Å². The number of hydrogen-bond donors (Lipinski definition) is 0. The molecule has 0 aliphatic rings. The number of ether oxygens (including phenoxy) is 1. The third-order valence-electron chi connectivity index (χ3n) is 2.42. The molecule has 0 saturated heterocycles. The van der Waals surface area contributed by atoms with Gasteiger partial charge in [-0.05, 0) is 44.9 Å². The molecule has 1 unspecified atom stereocenters. The van der Waals surface area contributed by atoms with Gasteiger partial charge in [-0.25, -0.2) is 0 Å². The molecule has 1 rings (SSSR count). The van der Waals surface area contributed by atoms with Gasteiger partial charge in [-0.1, -0.05) is 13.0 Å². The molecule has 0 heterocycles. The highest BCUT2D eigenvalue weighted by Gasteiger charge is 2.10. The largest absolute Gasteiger partial charge is 0.490 e. The van der Waals surface area contributed by atoms with Crippen LogP contribution in [0.2, 0.25) is 0 Å². The first kappa shape index (κ1) is 11.8. The average molecular weight is 206 g/mol. The summed E-state index contributed by atoms with van der Waals surface area (Å²) in [5, 5.41) is 0. The topological polar surface area (TPSA) is 26.3 Å². The minimum atomic E-state index is 0.0494. The van der Waals surface area contributed by atoms with Crippen molar-refractivity contribution in [2.75, 3.05) is 0 Å². The summed E-state index contributed by atoms with van der Waals surface area (Å²) in [5.41, 5.74) is 1.78. The Kier molecular flexibility index (Phi) is 3.89. The van der Waals surface area contributed by atoms with Gasteiger partial charge in [0.2, 0.25) is 0 Å². The summed E-state index contributed by atoms with van der Waals surface area (Å²) >= 11 is 0. The van der Waals surface area contributed by atoms with Crippen LogP contribution in [0.4, 0.5) is 0 Å². The van der Waals surface area contributed by atoms with Gasteiger partial charge in [-0.3, -0.25) is 4.79 Å². The number of ketones is 1. The zero-order chi connectivity index (χ0) is 11.4. The molecule has 1 atom stereocenters. The molecular weight excluding hydrogens is 188 g/mol. The lowest BCUT2D eigenvalue weighted by atomic mass is 10.1. The molecule has 0 spiro atoms. The summed E-state index contributed by atoms with van der Waals surface area (Å²) in [4.78, 5) is 11.4. The molecule has 0 aliphatic heterocycles. The standard InChI is InChI=1S/C13H18O2/c1-5-10(3)15-13-8-9(2)6-7-12(13)11(4)14/h6-8,10H,5H2,1-4H3. The quantitative estimate of drug-likeness (QED) is 0.706. The van der Waals surface area contributed by atoms with Crippen molar-refractivity contribution in [1.82, 2.24) is 0 Å². The fraction of sp³-hybridized carbons (Fsp3) is 0.462. The lowest BCUT2D eigenvalue weighted by molar-refractivity contribution is 0.101. The molecule has 0 N–H and O–H groups in total. The van der Waals surface area contributed by atoms with Crippen molar-refractivity contribution in [2.45, 2.75) is 40.2 Å². The van der Waals surface area contributed by atoms with Gasteiger partial charge in [0.25, 0.3) is 0 Å². The Balaban J connectivity index is 3.02. The number of rotatable bonds is 4. The molecule has 0 amide bonds. The van der Waals surface area contributed by atoms with E-state index < -0.39 is 0 Å². The average Bonchev–Trinajstić information content (AvgIpc) is 2.17. The molecule has 82 valence electrons. The predicted molar refractivity (Wildman–Crippen MR) is 61.6 cm³/mol. The van der Waals surface area contributed by atoms with E-state index in [1.807, 2.05) is 32.0 Å². The van der Waals surface area contributed by atoms with Crippen molar-refractivity contribution < 1.29 is 9.53 Å². The second-order valence-corrected chi connectivity index (χ2v) is 3.89. The molecular formula is C13H18O2. The van der Waals surface area contributed by atoms with E-state index in [-0.39, 0.29) is 11.9 Å². The smallest absolute Gasteiger partial charge is 0.163 e. The maximum absolute atomic E-state index is 11.4. The highest BCUT2D eigenvalue weighted by Crippen LogP contribution is 2.22. The maximum Gasteiger partial charge on any atom is 0.163 e.